The molecule has 3 nitrogen and oxygen atoms in total. The third-order valence-corrected chi connectivity index (χ3v) is 3.25. The van der Waals surface area contributed by atoms with Crippen LogP contribution >= 0.6 is 0 Å². The van der Waals surface area contributed by atoms with Crippen molar-refractivity contribution in [3.63, 3.8) is 0 Å². The Bertz CT molecular complexity index is 668. The molecule has 1 heterocycles. The summed E-state index contributed by atoms with van der Waals surface area (Å²) in [6.07, 6.45) is 0.579. The first-order valence-electron chi connectivity index (χ1n) is 7.01. The summed E-state index contributed by atoms with van der Waals surface area (Å²) in [6, 6.07) is 8.23. The van der Waals surface area contributed by atoms with Gasteiger partial charge in [0.05, 0.1) is 23.6 Å². The lowest BCUT2D eigenvalue weighted by atomic mass is 10.0. The maximum absolute atomic E-state index is 13.9. The minimum absolute atomic E-state index is 0.316. The van der Waals surface area contributed by atoms with E-state index in [-0.39, 0.29) is 11.8 Å². The van der Waals surface area contributed by atoms with Crippen molar-refractivity contribution in [1.29, 1.82) is 0 Å². The first-order chi connectivity index (χ1) is 10.1. The van der Waals surface area contributed by atoms with Crippen LogP contribution in [0.5, 0.6) is 0 Å². The van der Waals surface area contributed by atoms with Gasteiger partial charge in [0.2, 0.25) is 0 Å². The lowest BCUT2D eigenvalue weighted by molar-refractivity contribution is 0.0524. The number of benzene rings is 1. The van der Waals surface area contributed by atoms with Crippen molar-refractivity contribution in [1.82, 2.24) is 4.98 Å². The maximum Gasteiger partial charge on any atom is 0.339 e. The third kappa shape index (κ3) is 3.10. The molecule has 0 aliphatic carbocycles. The summed E-state index contributed by atoms with van der Waals surface area (Å²) in [7, 11) is 0. The fourth-order valence-electron chi connectivity index (χ4n) is 2.23. The van der Waals surface area contributed by atoms with Crippen molar-refractivity contribution < 1.29 is 13.9 Å². The molecule has 0 bridgehead atoms. The second kappa shape index (κ2) is 6.48. The second-order valence-corrected chi connectivity index (χ2v) is 4.70. The van der Waals surface area contributed by atoms with Crippen LogP contribution in [0.15, 0.2) is 30.3 Å². The number of rotatable bonds is 4. The topological polar surface area (TPSA) is 39.2 Å². The van der Waals surface area contributed by atoms with Crippen LogP contribution in [-0.2, 0) is 11.2 Å². The molecule has 110 valence electrons. The van der Waals surface area contributed by atoms with E-state index in [2.05, 4.69) is 4.98 Å². The van der Waals surface area contributed by atoms with Gasteiger partial charge < -0.3 is 4.74 Å². The van der Waals surface area contributed by atoms with Crippen molar-refractivity contribution >= 4 is 5.97 Å². The summed E-state index contributed by atoms with van der Waals surface area (Å²) in [5, 5.41) is 0. The number of aryl methyl sites for hydroxylation is 2. The van der Waals surface area contributed by atoms with E-state index >= 15 is 0 Å². The molecule has 0 fully saturated rings. The fourth-order valence-corrected chi connectivity index (χ4v) is 2.23. The molecule has 0 amide bonds. The van der Waals surface area contributed by atoms with Gasteiger partial charge in [-0.25, -0.2) is 9.18 Å². The molecule has 0 spiro atoms. The van der Waals surface area contributed by atoms with Crippen LogP contribution < -0.4 is 0 Å². The monoisotopic (exact) mass is 287 g/mol. The van der Waals surface area contributed by atoms with E-state index < -0.39 is 0 Å². The van der Waals surface area contributed by atoms with Crippen LogP contribution in [0, 0.1) is 12.7 Å². The molecule has 0 atom stereocenters. The van der Waals surface area contributed by atoms with Gasteiger partial charge in [-0.1, -0.05) is 19.1 Å². The zero-order chi connectivity index (χ0) is 15.4. The van der Waals surface area contributed by atoms with Crippen molar-refractivity contribution in [3.05, 3.63) is 53.0 Å². The van der Waals surface area contributed by atoms with Crippen LogP contribution in [0.1, 0.15) is 35.5 Å². The van der Waals surface area contributed by atoms with Gasteiger partial charge in [-0.05, 0) is 44.0 Å². The lowest BCUT2D eigenvalue weighted by Crippen LogP contribution is -2.11. The highest BCUT2D eigenvalue weighted by atomic mass is 19.1. The number of hydrogen-bond acceptors (Lipinski definition) is 3. The second-order valence-electron chi connectivity index (χ2n) is 4.70. The number of carbonyl (C=O) groups excluding carboxylic acids is 1. The number of nitrogens with zero attached hydrogens (tertiary/aromatic N) is 1. The van der Waals surface area contributed by atoms with E-state index in [1.54, 1.807) is 31.2 Å². The van der Waals surface area contributed by atoms with Crippen LogP contribution in [0.3, 0.4) is 0 Å². The summed E-state index contributed by atoms with van der Waals surface area (Å²) >= 11 is 0. The molecular weight excluding hydrogens is 269 g/mol. The van der Waals surface area contributed by atoms with E-state index in [0.29, 0.717) is 35.5 Å². The van der Waals surface area contributed by atoms with Gasteiger partial charge in [0.1, 0.15) is 5.82 Å². The summed E-state index contributed by atoms with van der Waals surface area (Å²) < 4.78 is 19.0. The molecule has 0 unspecified atom stereocenters. The van der Waals surface area contributed by atoms with Gasteiger partial charge in [-0.15, -0.1) is 0 Å². The Morgan fingerprint density at radius 3 is 2.62 bits per heavy atom. The number of esters is 1. The van der Waals surface area contributed by atoms with Crippen molar-refractivity contribution in [3.8, 4) is 11.3 Å². The Kier molecular flexibility index (Phi) is 4.68. The third-order valence-electron chi connectivity index (χ3n) is 3.25. The smallest absolute Gasteiger partial charge is 0.339 e. The first-order valence-corrected chi connectivity index (χ1v) is 7.01. The average Bonchev–Trinajstić information content (AvgIpc) is 2.48. The van der Waals surface area contributed by atoms with Crippen LogP contribution in [0.4, 0.5) is 4.39 Å². The highest BCUT2D eigenvalue weighted by molar-refractivity contribution is 5.91. The fraction of sp³-hybridized carbons (Fsp3) is 0.294. The zero-order valence-electron chi connectivity index (χ0n) is 12.4. The van der Waals surface area contributed by atoms with Gasteiger partial charge in [0.25, 0.3) is 0 Å². The molecular formula is C17H18FNO2. The summed E-state index contributed by atoms with van der Waals surface area (Å²) in [4.78, 5) is 16.4. The molecule has 0 N–H and O–H groups in total. The molecule has 4 heteroatoms. The van der Waals surface area contributed by atoms with Crippen LogP contribution in [-0.4, -0.2) is 17.6 Å². The maximum atomic E-state index is 13.9. The van der Waals surface area contributed by atoms with Crippen molar-refractivity contribution in [2.45, 2.75) is 27.2 Å². The highest BCUT2D eigenvalue weighted by Gasteiger charge is 2.17. The van der Waals surface area contributed by atoms with Crippen molar-refractivity contribution in [2.24, 2.45) is 0 Å². The Morgan fingerprint density at radius 1 is 1.29 bits per heavy atom. The number of carbonyl (C=O) groups is 1. The van der Waals surface area contributed by atoms with Gasteiger partial charge in [0.15, 0.2) is 0 Å². The molecule has 0 aliphatic rings. The standard InChI is InChI=1S/C17H18FNO2/c1-4-15-13(17(20)21-5-2)10-11(3)16(19-15)12-8-6-7-9-14(12)18/h6-10H,4-5H2,1-3H3. The molecule has 21 heavy (non-hydrogen) atoms. The molecule has 0 saturated heterocycles. The van der Waals surface area contributed by atoms with E-state index in [1.807, 2.05) is 13.8 Å². The van der Waals surface area contributed by atoms with E-state index in [1.165, 1.54) is 6.07 Å². The van der Waals surface area contributed by atoms with E-state index in [0.717, 1.165) is 5.56 Å². The molecule has 0 radical (unpaired) electrons. The van der Waals surface area contributed by atoms with Gasteiger partial charge in [-0.2, -0.15) is 0 Å². The Balaban J connectivity index is 2.56. The number of pyridine rings is 1. The number of halogens is 1. The van der Waals surface area contributed by atoms with E-state index in [4.69, 9.17) is 4.74 Å². The predicted molar refractivity (Wildman–Crippen MR) is 79.7 cm³/mol. The molecule has 2 rings (SSSR count). The zero-order valence-corrected chi connectivity index (χ0v) is 12.4. The van der Waals surface area contributed by atoms with Crippen molar-refractivity contribution in [2.75, 3.05) is 6.61 Å². The molecule has 0 aliphatic heterocycles. The lowest BCUT2D eigenvalue weighted by Gasteiger charge is -2.12. The number of aromatic nitrogens is 1. The van der Waals surface area contributed by atoms with Gasteiger partial charge in [0, 0.05) is 5.56 Å². The quantitative estimate of drug-likeness (QED) is 0.800. The highest BCUT2D eigenvalue weighted by Crippen LogP contribution is 2.26. The normalized spacial score (nSPS) is 10.5. The minimum atomic E-state index is -0.384. The average molecular weight is 287 g/mol. The SMILES string of the molecule is CCOC(=O)c1cc(C)c(-c2ccccc2F)nc1CC. The number of ether oxygens (including phenoxy) is 1. The Morgan fingerprint density at radius 2 is 2.00 bits per heavy atom. The molecule has 0 saturated carbocycles. The summed E-state index contributed by atoms with van der Waals surface area (Å²) in [5.74, 6) is -0.705. The van der Waals surface area contributed by atoms with Gasteiger partial charge in [-0.3, -0.25) is 4.98 Å². The molecule has 1 aromatic carbocycles. The molecule has 1 aromatic heterocycles. The molecule has 2 aromatic rings. The largest absolute Gasteiger partial charge is 0.462 e. The Labute approximate surface area is 123 Å². The Hall–Kier alpha value is -2.23. The first kappa shape index (κ1) is 15.2. The van der Waals surface area contributed by atoms with Crippen LogP contribution in [0.2, 0.25) is 0 Å². The summed E-state index contributed by atoms with van der Waals surface area (Å²) in [5.41, 5.74) is 2.84. The predicted octanol–water partition coefficient (Wildman–Crippen LogP) is 3.94. The minimum Gasteiger partial charge on any atom is -0.462 e. The van der Waals surface area contributed by atoms with E-state index in [9.17, 15) is 9.18 Å². The van der Waals surface area contributed by atoms with Crippen LogP contribution in [0.25, 0.3) is 11.3 Å². The van der Waals surface area contributed by atoms with Gasteiger partial charge >= 0.3 is 5.97 Å². The number of hydrogen-bond donors (Lipinski definition) is 0. The summed E-state index contributed by atoms with van der Waals surface area (Å²) in [6.45, 7) is 5.80.